The molecule has 0 aliphatic carbocycles. The Hall–Kier alpha value is -2.08. The number of esters is 1. The molecule has 0 saturated heterocycles. The van der Waals surface area contributed by atoms with Gasteiger partial charge in [0.05, 0.1) is 12.2 Å². The smallest absolute Gasteiger partial charge is 0.320 e. The summed E-state index contributed by atoms with van der Waals surface area (Å²) in [5.74, 6) is 0.801. The van der Waals surface area contributed by atoms with E-state index in [4.69, 9.17) is 4.74 Å². The lowest BCUT2D eigenvalue weighted by Gasteiger charge is -2.24. The number of fused-ring (bicyclic) bond motifs is 1. The van der Waals surface area contributed by atoms with Crippen LogP contribution in [0.4, 0.5) is 0 Å². The average molecular weight is 387 g/mol. The van der Waals surface area contributed by atoms with E-state index in [1.165, 1.54) is 17.3 Å². The van der Waals surface area contributed by atoms with E-state index in [0.717, 1.165) is 5.56 Å². The summed E-state index contributed by atoms with van der Waals surface area (Å²) in [4.78, 5) is 32.6. The van der Waals surface area contributed by atoms with Crippen molar-refractivity contribution in [3.63, 3.8) is 0 Å². The highest BCUT2D eigenvalue weighted by atomic mass is 32.2. The monoisotopic (exact) mass is 386 g/mol. The first-order chi connectivity index (χ1) is 12.7. The minimum atomic E-state index is -0.621. The van der Waals surface area contributed by atoms with Gasteiger partial charge in [-0.05, 0) is 24.0 Å². The van der Waals surface area contributed by atoms with Crippen LogP contribution in [0.15, 0.2) is 34.1 Å². The van der Waals surface area contributed by atoms with Gasteiger partial charge < -0.3 is 9.72 Å². The van der Waals surface area contributed by atoms with Crippen molar-refractivity contribution in [1.82, 2.24) is 9.97 Å². The zero-order valence-electron chi connectivity index (χ0n) is 16.5. The highest BCUT2D eigenvalue weighted by Crippen LogP contribution is 2.47. The quantitative estimate of drug-likeness (QED) is 0.625. The molecule has 0 saturated carbocycles. The van der Waals surface area contributed by atoms with Crippen LogP contribution >= 0.6 is 11.8 Å². The van der Waals surface area contributed by atoms with Gasteiger partial charge >= 0.3 is 5.97 Å². The van der Waals surface area contributed by atoms with Crippen molar-refractivity contribution in [2.24, 2.45) is 0 Å². The molecular weight excluding hydrogens is 360 g/mol. The van der Waals surface area contributed by atoms with Gasteiger partial charge in [-0.2, -0.15) is 0 Å². The SMILES string of the molecule is CCOC(=O)C1Sc2nc(Cc3ccc(C(C)C)cc3)[nH]c(=O)c2C1(C)C. The standard InChI is InChI=1S/C21H26N2O3S/c1-6-26-20(25)17-21(4,5)16-18(24)22-15(23-19(16)27-17)11-13-7-9-14(10-8-13)12(2)3/h7-10,12,17H,6,11H2,1-5H3,(H,22,23,24). The Morgan fingerprint density at radius 3 is 2.56 bits per heavy atom. The molecule has 1 unspecified atom stereocenters. The molecule has 1 aromatic carbocycles. The Kier molecular flexibility index (Phi) is 5.47. The second-order valence-electron chi connectivity index (χ2n) is 7.74. The summed E-state index contributed by atoms with van der Waals surface area (Å²) in [5.41, 5.74) is 2.16. The summed E-state index contributed by atoms with van der Waals surface area (Å²) in [7, 11) is 0. The van der Waals surface area contributed by atoms with E-state index in [9.17, 15) is 9.59 Å². The van der Waals surface area contributed by atoms with Crippen LogP contribution in [0, 0.1) is 0 Å². The molecule has 27 heavy (non-hydrogen) atoms. The van der Waals surface area contributed by atoms with Gasteiger partial charge in [-0.3, -0.25) is 9.59 Å². The van der Waals surface area contributed by atoms with Gasteiger partial charge in [0.25, 0.3) is 5.56 Å². The topological polar surface area (TPSA) is 72.0 Å². The number of rotatable bonds is 5. The van der Waals surface area contributed by atoms with Crippen LogP contribution < -0.4 is 5.56 Å². The minimum absolute atomic E-state index is 0.168. The molecule has 6 heteroatoms. The highest BCUT2D eigenvalue weighted by molar-refractivity contribution is 8.01. The summed E-state index contributed by atoms with van der Waals surface area (Å²) in [6.07, 6.45) is 0.548. The largest absolute Gasteiger partial charge is 0.465 e. The van der Waals surface area contributed by atoms with Gasteiger partial charge in [-0.1, -0.05) is 63.7 Å². The second-order valence-corrected chi connectivity index (χ2v) is 8.83. The van der Waals surface area contributed by atoms with E-state index in [0.29, 0.717) is 35.4 Å². The van der Waals surface area contributed by atoms with Gasteiger partial charge in [-0.15, -0.1) is 0 Å². The third-order valence-electron chi connectivity index (χ3n) is 4.98. The number of hydrogen-bond donors (Lipinski definition) is 1. The van der Waals surface area contributed by atoms with Crippen LogP contribution in [0.25, 0.3) is 0 Å². The first-order valence-corrected chi connectivity index (χ1v) is 10.2. The number of aromatic amines is 1. The molecule has 1 aliphatic rings. The predicted molar refractivity (Wildman–Crippen MR) is 107 cm³/mol. The number of benzene rings is 1. The Morgan fingerprint density at radius 2 is 1.96 bits per heavy atom. The predicted octanol–water partition coefficient (Wildman–Crippen LogP) is 3.80. The Balaban J connectivity index is 1.89. The van der Waals surface area contributed by atoms with Crippen LogP contribution in [0.5, 0.6) is 0 Å². The molecule has 2 heterocycles. The first-order valence-electron chi connectivity index (χ1n) is 9.29. The molecule has 0 amide bonds. The lowest BCUT2D eigenvalue weighted by Crippen LogP contribution is -2.38. The third-order valence-corrected chi connectivity index (χ3v) is 6.52. The third kappa shape index (κ3) is 3.81. The average Bonchev–Trinajstić information content (AvgIpc) is 2.86. The first kappa shape index (κ1) is 19.7. The van der Waals surface area contributed by atoms with E-state index < -0.39 is 10.7 Å². The summed E-state index contributed by atoms with van der Waals surface area (Å²) in [5, 5.41) is 0.178. The molecule has 0 bridgehead atoms. The number of aromatic nitrogens is 2. The molecule has 5 nitrogen and oxygen atoms in total. The van der Waals surface area contributed by atoms with E-state index in [1.54, 1.807) is 6.92 Å². The lowest BCUT2D eigenvalue weighted by atomic mass is 9.83. The summed E-state index contributed by atoms with van der Waals surface area (Å²) in [6, 6.07) is 8.36. The van der Waals surface area contributed by atoms with E-state index in [2.05, 4.69) is 48.1 Å². The van der Waals surface area contributed by atoms with Crippen LogP contribution in [0.3, 0.4) is 0 Å². The van der Waals surface area contributed by atoms with E-state index in [-0.39, 0.29) is 11.5 Å². The summed E-state index contributed by atoms with van der Waals surface area (Å²) < 4.78 is 5.19. The maximum absolute atomic E-state index is 12.7. The maximum atomic E-state index is 12.7. The molecule has 1 aliphatic heterocycles. The van der Waals surface area contributed by atoms with Gasteiger partial charge in [-0.25, -0.2) is 4.98 Å². The van der Waals surface area contributed by atoms with Gasteiger partial charge in [0.15, 0.2) is 0 Å². The number of thioether (sulfide) groups is 1. The van der Waals surface area contributed by atoms with Gasteiger partial charge in [0.1, 0.15) is 16.1 Å². The summed E-state index contributed by atoms with van der Waals surface area (Å²) >= 11 is 1.33. The van der Waals surface area contributed by atoms with Crippen molar-refractivity contribution in [1.29, 1.82) is 0 Å². The number of carbonyl (C=O) groups is 1. The van der Waals surface area contributed by atoms with Crippen LogP contribution in [0.2, 0.25) is 0 Å². The molecule has 1 aromatic heterocycles. The maximum Gasteiger partial charge on any atom is 0.320 e. The highest BCUT2D eigenvalue weighted by Gasteiger charge is 2.48. The van der Waals surface area contributed by atoms with Gasteiger partial charge in [0.2, 0.25) is 0 Å². The zero-order valence-corrected chi connectivity index (χ0v) is 17.3. The number of ether oxygens (including phenoxy) is 1. The summed E-state index contributed by atoms with van der Waals surface area (Å²) in [6.45, 7) is 10.2. The lowest BCUT2D eigenvalue weighted by molar-refractivity contribution is -0.143. The Morgan fingerprint density at radius 1 is 1.30 bits per heavy atom. The van der Waals surface area contributed by atoms with Crippen molar-refractivity contribution < 1.29 is 9.53 Å². The van der Waals surface area contributed by atoms with E-state index >= 15 is 0 Å². The number of hydrogen-bond acceptors (Lipinski definition) is 5. The number of nitrogens with one attached hydrogen (secondary N) is 1. The Bertz CT molecular complexity index is 901. The van der Waals surface area contributed by atoms with Crippen LogP contribution in [-0.4, -0.2) is 27.8 Å². The normalized spacial score (nSPS) is 17.8. The number of nitrogens with zero attached hydrogens (tertiary/aromatic N) is 1. The fraction of sp³-hybridized carbons (Fsp3) is 0.476. The molecule has 1 N–H and O–H groups in total. The Labute approximate surface area is 163 Å². The van der Waals surface area contributed by atoms with Crippen molar-refractivity contribution in [3.05, 3.63) is 57.1 Å². The van der Waals surface area contributed by atoms with Crippen LogP contribution in [0.1, 0.15) is 63.1 Å². The van der Waals surface area contributed by atoms with Crippen molar-refractivity contribution in [3.8, 4) is 0 Å². The molecule has 0 radical (unpaired) electrons. The minimum Gasteiger partial charge on any atom is -0.465 e. The number of carbonyl (C=O) groups excluding carboxylic acids is 1. The van der Waals surface area contributed by atoms with Crippen molar-refractivity contribution >= 4 is 17.7 Å². The van der Waals surface area contributed by atoms with Crippen molar-refractivity contribution in [2.75, 3.05) is 6.61 Å². The van der Waals surface area contributed by atoms with E-state index in [1.807, 2.05) is 13.8 Å². The van der Waals surface area contributed by atoms with Crippen molar-refractivity contribution in [2.45, 2.75) is 62.6 Å². The zero-order chi connectivity index (χ0) is 19.8. The fourth-order valence-electron chi connectivity index (χ4n) is 3.40. The molecule has 2 aromatic rings. The second kappa shape index (κ2) is 7.50. The molecule has 3 rings (SSSR count). The molecule has 0 spiro atoms. The number of H-pyrrole nitrogens is 1. The van der Waals surface area contributed by atoms with Gasteiger partial charge in [0, 0.05) is 11.8 Å². The molecular formula is C21H26N2O3S. The fourth-order valence-corrected chi connectivity index (χ4v) is 4.84. The molecule has 144 valence electrons. The molecule has 0 fully saturated rings. The van der Waals surface area contributed by atoms with Crippen LogP contribution in [-0.2, 0) is 21.4 Å². The molecule has 1 atom stereocenters.